The van der Waals surface area contributed by atoms with E-state index in [0.29, 0.717) is 63.4 Å². The van der Waals surface area contributed by atoms with E-state index in [1.54, 1.807) is 40.9 Å². The molecule has 1 aliphatic carbocycles. The lowest BCUT2D eigenvalue weighted by Gasteiger charge is -2.43. The Hall–Kier alpha value is -4.43. The third-order valence-electron chi connectivity index (χ3n) is 16.9. The van der Waals surface area contributed by atoms with Crippen molar-refractivity contribution < 1.29 is 72.6 Å². The van der Waals surface area contributed by atoms with E-state index in [-0.39, 0.29) is 92.6 Å². The number of nitrogens with zero attached hydrogens (tertiary/aromatic N) is 2. The molecule has 1 saturated carbocycles. The molecule has 3 amide bonds. The van der Waals surface area contributed by atoms with Crippen molar-refractivity contribution in [3.05, 3.63) is 47.6 Å². The minimum Gasteiger partial charge on any atom is -0.460 e. The van der Waals surface area contributed by atoms with Crippen molar-refractivity contribution in [1.29, 1.82) is 0 Å². The topological polar surface area (TPSA) is 245 Å². The van der Waals surface area contributed by atoms with Crippen molar-refractivity contribution in [3.8, 4) is 0 Å². The summed E-state index contributed by atoms with van der Waals surface area (Å²) in [7, 11) is 2.92. The minimum atomic E-state index is -2.55. The molecule has 5 heterocycles. The molecule has 17 atom stereocenters. The van der Waals surface area contributed by atoms with Crippen LogP contribution in [0, 0.1) is 35.5 Å². The average Bonchev–Trinajstić information content (AvgIpc) is 3.83. The number of hydrogen-bond donors (Lipinski definition) is 4. The summed E-state index contributed by atoms with van der Waals surface area (Å²) >= 11 is 0. The van der Waals surface area contributed by atoms with Crippen molar-refractivity contribution in [2.24, 2.45) is 35.5 Å². The molecule has 75 heavy (non-hydrogen) atoms. The number of Topliss-reactive ketones (excluding diaryl/α,β-unsaturated/α-hetero) is 3. The molecule has 18 heteroatoms. The maximum atomic E-state index is 14.5. The second-order valence-electron chi connectivity index (χ2n) is 22.6. The molecule has 0 spiro atoms. The Labute approximate surface area is 443 Å². The van der Waals surface area contributed by atoms with Crippen LogP contribution in [0.15, 0.2) is 47.6 Å². The summed E-state index contributed by atoms with van der Waals surface area (Å²) in [5.74, 6) is -9.07. The third kappa shape index (κ3) is 14.8. The van der Waals surface area contributed by atoms with Gasteiger partial charge in [0.05, 0.1) is 37.1 Å². The van der Waals surface area contributed by atoms with Gasteiger partial charge in [0, 0.05) is 64.3 Å². The van der Waals surface area contributed by atoms with E-state index < -0.39 is 96.0 Å². The van der Waals surface area contributed by atoms with Gasteiger partial charge in [-0.15, -0.1) is 0 Å². The number of aliphatic hydroxyl groups is 3. The molecule has 4 N–H and O–H groups in total. The van der Waals surface area contributed by atoms with Crippen LogP contribution in [0.3, 0.4) is 0 Å². The Morgan fingerprint density at radius 3 is 2.29 bits per heavy atom. The van der Waals surface area contributed by atoms with Crippen molar-refractivity contribution in [1.82, 2.24) is 15.1 Å². The number of cyclic esters (lactones) is 1. The highest BCUT2D eigenvalue weighted by molar-refractivity contribution is 6.39. The second kappa shape index (κ2) is 26.8. The average molecular weight is 1050 g/mol. The van der Waals surface area contributed by atoms with E-state index in [9.17, 15) is 48.9 Å². The molecule has 0 unspecified atom stereocenters. The fraction of sp³-hybridized carbons (Fsp3) is 0.737. The zero-order chi connectivity index (χ0) is 54.9. The lowest BCUT2D eigenvalue weighted by Crippen LogP contribution is -2.61. The van der Waals surface area contributed by atoms with Gasteiger partial charge >= 0.3 is 5.97 Å². The molecular formula is C57H85N3O15. The number of piperidine rings is 1. The van der Waals surface area contributed by atoms with Crippen LogP contribution in [0.4, 0.5) is 0 Å². The van der Waals surface area contributed by atoms with Crippen molar-refractivity contribution in [2.45, 2.75) is 199 Å². The van der Waals surface area contributed by atoms with Crippen LogP contribution in [-0.4, -0.2) is 167 Å². The Kier molecular flexibility index (Phi) is 21.3. The normalized spacial score (nSPS) is 39.4. The molecule has 2 bridgehead atoms. The predicted molar refractivity (Wildman–Crippen MR) is 276 cm³/mol. The molecule has 18 nitrogen and oxygen atoms in total. The predicted octanol–water partition coefficient (Wildman–Crippen LogP) is 4.65. The molecule has 6 rings (SSSR count). The first-order chi connectivity index (χ1) is 35.6. The van der Waals surface area contributed by atoms with E-state index in [1.165, 1.54) is 12.0 Å². The van der Waals surface area contributed by atoms with E-state index in [4.69, 9.17) is 23.7 Å². The standard InChI is InChI=1S/C57H85N3O15/c1-32-15-11-10-12-16-33(2)46(73-41-27-43-54(67)58-30-49(63)60(43)31-41)28-40-20-18-38(7)57(70,75-40)53(66)55(68)59-22-14-13-17-42(59)56(69)74-47(35(4)25-39-19-21-44(61)48(26-39)71-8)29-45(62)34(3)24-37(6)51(65)52(72-9)50(64)36(5)23-32/h10-12,15-16,24,32,34-36,38-44,46-48,51-52,61,65,70H,13-14,17-23,25-31H2,1-9H3,(H,58,67)/b12-10?,15-11+,33-16?,37-24+/t32-,34-,35-,36-,38-,39+,40+,41-,42+,43+,44-,46+,47+,48-,51-,52+,57-/m1/s1. The van der Waals surface area contributed by atoms with Gasteiger partial charge in [-0.3, -0.25) is 28.8 Å². The van der Waals surface area contributed by atoms with Gasteiger partial charge in [0.2, 0.25) is 17.6 Å². The molecular weight excluding hydrogens is 967 g/mol. The Bertz CT molecular complexity index is 2170. The van der Waals surface area contributed by atoms with Crippen molar-refractivity contribution in [2.75, 3.05) is 33.9 Å². The second-order valence-corrected chi connectivity index (χ2v) is 22.6. The molecule has 4 saturated heterocycles. The maximum absolute atomic E-state index is 14.5. The fourth-order valence-corrected chi connectivity index (χ4v) is 12.0. The summed E-state index contributed by atoms with van der Waals surface area (Å²) in [6.45, 7) is 12.6. The summed E-state index contributed by atoms with van der Waals surface area (Å²) < 4.78 is 30.5. The molecule has 5 fully saturated rings. The van der Waals surface area contributed by atoms with E-state index in [1.807, 2.05) is 51.2 Å². The lowest BCUT2D eigenvalue weighted by molar-refractivity contribution is -0.266. The number of methoxy groups -OCH3 is 2. The van der Waals surface area contributed by atoms with E-state index >= 15 is 0 Å². The number of nitrogens with one attached hydrogen (secondary N) is 1. The van der Waals surface area contributed by atoms with E-state index in [0.717, 1.165) is 10.5 Å². The van der Waals surface area contributed by atoms with Crippen LogP contribution >= 0.6 is 0 Å². The highest BCUT2D eigenvalue weighted by atomic mass is 16.6. The molecule has 0 aromatic rings. The monoisotopic (exact) mass is 1050 g/mol. The van der Waals surface area contributed by atoms with Gasteiger partial charge in [0.25, 0.3) is 11.7 Å². The molecule has 418 valence electrons. The summed E-state index contributed by atoms with van der Waals surface area (Å²) in [6, 6.07) is -1.87. The number of carbonyl (C=O) groups is 7. The first-order valence-electron chi connectivity index (χ1n) is 27.4. The van der Waals surface area contributed by atoms with Gasteiger partial charge in [0.15, 0.2) is 5.78 Å². The summed E-state index contributed by atoms with van der Waals surface area (Å²) in [5.41, 5.74) is 1.12. The van der Waals surface area contributed by atoms with E-state index in [2.05, 4.69) is 5.32 Å². The Morgan fingerprint density at radius 2 is 1.59 bits per heavy atom. The number of carbonyl (C=O) groups excluding carboxylic acids is 7. The number of rotatable bonds is 7. The van der Waals surface area contributed by atoms with Crippen molar-refractivity contribution >= 4 is 41.0 Å². The Morgan fingerprint density at radius 1 is 0.840 bits per heavy atom. The van der Waals surface area contributed by atoms with Gasteiger partial charge in [-0.2, -0.15) is 0 Å². The zero-order valence-corrected chi connectivity index (χ0v) is 45.7. The van der Waals surface area contributed by atoms with Crippen LogP contribution in [-0.2, 0) is 57.2 Å². The third-order valence-corrected chi connectivity index (χ3v) is 16.9. The van der Waals surface area contributed by atoms with Crippen LogP contribution < -0.4 is 5.32 Å². The maximum Gasteiger partial charge on any atom is 0.329 e. The molecule has 0 radical (unpaired) electrons. The van der Waals surface area contributed by atoms with Crippen molar-refractivity contribution in [3.63, 3.8) is 0 Å². The quantitative estimate of drug-likeness (QED) is 0.154. The first-order valence-corrected chi connectivity index (χ1v) is 27.4. The van der Waals surface area contributed by atoms with Crippen LogP contribution in [0.2, 0.25) is 0 Å². The van der Waals surface area contributed by atoms with Gasteiger partial charge in [-0.25, -0.2) is 4.79 Å². The number of hydrogen-bond acceptors (Lipinski definition) is 15. The van der Waals surface area contributed by atoms with Gasteiger partial charge in [-0.1, -0.05) is 71.1 Å². The molecule has 0 aromatic heterocycles. The van der Waals surface area contributed by atoms with Gasteiger partial charge < -0.3 is 54.1 Å². The van der Waals surface area contributed by atoms with Crippen LogP contribution in [0.25, 0.3) is 0 Å². The fourth-order valence-electron chi connectivity index (χ4n) is 12.0. The Balaban J connectivity index is 1.32. The first kappa shape index (κ1) is 59.8. The summed E-state index contributed by atoms with van der Waals surface area (Å²) in [5, 5.41) is 37.0. The number of piperazine rings is 1. The number of fused-ring (bicyclic) bond motifs is 4. The largest absolute Gasteiger partial charge is 0.460 e. The summed E-state index contributed by atoms with van der Waals surface area (Å²) in [6.07, 6.45) is 9.47. The molecule has 6 aliphatic rings. The molecule has 0 aromatic carbocycles. The number of ether oxygens (including phenoxy) is 5. The van der Waals surface area contributed by atoms with Gasteiger partial charge in [-0.05, 0) is 107 Å². The van der Waals surface area contributed by atoms with Gasteiger partial charge in [0.1, 0.15) is 36.2 Å². The number of ketones is 3. The smallest absolute Gasteiger partial charge is 0.329 e. The number of aliphatic hydroxyl groups excluding tert-OH is 2. The number of esters is 1. The highest BCUT2D eigenvalue weighted by Crippen LogP contribution is 2.39. The van der Waals surface area contributed by atoms with Crippen LogP contribution in [0.5, 0.6) is 0 Å². The molecule has 5 aliphatic heterocycles. The lowest BCUT2D eigenvalue weighted by atomic mass is 9.78. The van der Waals surface area contributed by atoms with Crippen LogP contribution in [0.1, 0.15) is 132 Å². The SMILES string of the molecule is CO[C@@H]1C[C@H](C[C@@H](C)[C@@H]2CC(=O)[C@H](C)/C=C(\C)[C@@H](O)[C@@H](OC)C(=O)[C@H](C)C[C@H](C)/C=C/C=CC=C(C)[C@@H](O[C@@H]3C[C@H]4C(=O)NCC(=O)N4C3)C[C@@H]3CC[C@@H](C)[C@@](O)(O3)C(=O)C(=O)N3CCCC[C@H]3C(=O)O2)CC[C@H]1O. The highest BCUT2D eigenvalue weighted by Gasteiger charge is 2.53. The minimum absolute atomic E-state index is 0.0365. The number of allylic oxidation sites excluding steroid dienone is 6. The summed E-state index contributed by atoms with van der Waals surface area (Å²) in [4.78, 5) is 99.9. The number of amides is 3. The zero-order valence-electron chi connectivity index (χ0n) is 45.7.